The van der Waals surface area contributed by atoms with Crippen molar-refractivity contribution in [1.29, 1.82) is 0 Å². The molecule has 2 aromatic carbocycles. The van der Waals surface area contributed by atoms with Gasteiger partial charge in [0.05, 0.1) is 18.8 Å². The summed E-state index contributed by atoms with van der Waals surface area (Å²) in [4.78, 5) is 28.8. The van der Waals surface area contributed by atoms with Crippen molar-refractivity contribution in [2.75, 3.05) is 31.6 Å². The van der Waals surface area contributed by atoms with Crippen LogP contribution in [0.25, 0.3) is 0 Å². The number of methoxy groups -OCH3 is 1. The Morgan fingerprint density at radius 1 is 1.17 bits per heavy atom. The summed E-state index contributed by atoms with van der Waals surface area (Å²) in [6.07, 6.45) is 2.41. The zero-order valence-corrected chi connectivity index (χ0v) is 18.6. The van der Waals surface area contributed by atoms with Crippen LogP contribution in [0.5, 0.6) is 5.75 Å². The Morgan fingerprint density at radius 3 is 2.70 bits per heavy atom. The van der Waals surface area contributed by atoms with Crippen molar-refractivity contribution in [1.82, 2.24) is 10.2 Å². The van der Waals surface area contributed by atoms with Gasteiger partial charge in [0, 0.05) is 24.0 Å². The summed E-state index contributed by atoms with van der Waals surface area (Å²) < 4.78 is 6.45. The maximum Gasteiger partial charge on any atom is 0.329 e. The third-order valence-corrected chi connectivity index (χ3v) is 6.60. The van der Waals surface area contributed by atoms with Crippen LogP contribution in [0.4, 0.5) is 10.5 Å². The van der Waals surface area contributed by atoms with E-state index in [-0.39, 0.29) is 18.0 Å². The summed E-state index contributed by atoms with van der Waals surface area (Å²) in [5.74, 6) is 1.27. The summed E-state index contributed by atoms with van der Waals surface area (Å²) in [6.45, 7) is 2.65. The molecule has 2 aliphatic heterocycles. The first-order valence-corrected chi connectivity index (χ1v) is 11.1. The maximum atomic E-state index is 12.6. The molecule has 4 rings (SSSR count). The molecule has 2 saturated heterocycles. The van der Waals surface area contributed by atoms with E-state index in [1.54, 1.807) is 19.2 Å². The number of urea groups is 1. The van der Waals surface area contributed by atoms with Crippen LogP contribution >= 0.6 is 15.9 Å². The molecule has 30 heavy (non-hydrogen) atoms. The second-order valence-electron chi connectivity index (χ2n) is 7.99. The lowest BCUT2D eigenvalue weighted by Gasteiger charge is -2.33. The third kappa shape index (κ3) is 4.68. The van der Waals surface area contributed by atoms with Crippen molar-refractivity contribution in [2.24, 2.45) is 5.92 Å². The molecule has 0 saturated carbocycles. The summed E-state index contributed by atoms with van der Waals surface area (Å²) >= 11 is 3.64. The first-order chi connectivity index (χ1) is 14.5. The van der Waals surface area contributed by atoms with Crippen LogP contribution in [0, 0.1) is 5.92 Å². The molecule has 1 N–H and O–H groups in total. The minimum atomic E-state index is -0.335. The van der Waals surface area contributed by atoms with Gasteiger partial charge in [-0.25, -0.2) is 9.69 Å². The highest BCUT2D eigenvalue weighted by atomic mass is 79.9. The smallest absolute Gasteiger partial charge is 0.329 e. The fourth-order valence-corrected chi connectivity index (χ4v) is 4.77. The number of nitrogens with zero attached hydrogens (tertiary/aromatic N) is 2. The fourth-order valence-electron chi connectivity index (χ4n) is 4.36. The number of benzene rings is 2. The number of halogens is 1. The van der Waals surface area contributed by atoms with Crippen LogP contribution in [0.2, 0.25) is 0 Å². The standard InChI is InChI=1S/C23H26BrN3O3/c1-30-20-7-8-21(24)17(12-20)11-16-9-10-26(14-16)15-18-13-22(28)27(23(29)25-18)19-5-3-2-4-6-19/h2-8,12,16,18H,9-11,13-15H2,1H3,(H,25,29). The Morgan fingerprint density at radius 2 is 1.97 bits per heavy atom. The van der Waals surface area contributed by atoms with E-state index in [0.29, 0.717) is 24.6 Å². The van der Waals surface area contributed by atoms with Gasteiger partial charge >= 0.3 is 6.03 Å². The molecule has 2 aliphatic rings. The molecule has 2 unspecified atom stereocenters. The fraction of sp³-hybridized carbons (Fsp3) is 0.391. The average Bonchev–Trinajstić information content (AvgIpc) is 3.16. The van der Waals surface area contributed by atoms with E-state index >= 15 is 0 Å². The van der Waals surface area contributed by atoms with Gasteiger partial charge in [0.2, 0.25) is 5.91 Å². The van der Waals surface area contributed by atoms with E-state index in [1.165, 1.54) is 10.5 Å². The predicted molar refractivity (Wildman–Crippen MR) is 120 cm³/mol. The third-order valence-electron chi connectivity index (χ3n) is 5.83. The van der Waals surface area contributed by atoms with Crippen molar-refractivity contribution < 1.29 is 14.3 Å². The zero-order chi connectivity index (χ0) is 21.1. The molecule has 2 atom stereocenters. The van der Waals surface area contributed by atoms with Crippen molar-refractivity contribution in [2.45, 2.75) is 25.3 Å². The summed E-state index contributed by atoms with van der Waals surface area (Å²) in [5, 5.41) is 3.01. The van der Waals surface area contributed by atoms with E-state index in [1.807, 2.05) is 30.3 Å². The van der Waals surface area contributed by atoms with Crippen LogP contribution in [0.1, 0.15) is 18.4 Å². The quantitative estimate of drug-likeness (QED) is 0.694. The number of carbonyl (C=O) groups excluding carboxylic acids is 2. The van der Waals surface area contributed by atoms with Crippen LogP contribution < -0.4 is 15.0 Å². The van der Waals surface area contributed by atoms with Crippen LogP contribution in [-0.4, -0.2) is 49.6 Å². The molecule has 0 bridgehead atoms. The molecular formula is C23H26BrN3O3. The van der Waals surface area contributed by atoms with Gasteiger partial charge in [-0.05, 0) is 61.2 Å². The first-order valence-electron chi connectivity index (χ1n) is 10.3. The van der Waals surface area contributed by atoms with Gasteiger partial charge in [0.1, 0.15) is 5.75 Å². The van der Waals surface area contributed by atoms with Crippen molar-refractivity contribution in [3.63, 3.8) is 0 Å². The van der Waals surface area contributed by atoms with Crippen molar-refractivity contribution in [3.05, 3.63) is 58.6 Å². The molecule has 2 heterocycles. The Balaban J connectivity index is 1.32. The molecule has 2 aromatic rings. The molecule has 0 aliphatic carbocycles. The number of ether oxygens (including phenoxy) is 1. The monoisotopic (exact) mass is 471 g/mol. The lowest BCUT2D eigenvalue weighted by atomic mass is 9.98. The molecule has 0 radical (unpaired) electrons. The Hall–Kier alpha value is -2.38. The minimum absolute atomic E-state index is 0.146. The largest absolute Gasteiger partial charge is 0.497 e. The van der Waals surface area contributed by atoms with Gasteiger partial charge in [-0.15, -0.1) is 0 Å². The number of para-hydroxylation sites is 1. The van der Waals surface area contributed by atoms with E-state index in [4.69, 9.17) is 4.74 Å². The number of carbonyl (C=O) groups is 2. The van der Waals surface area contributed by atoms with Gasteiger partial charge in [-0.1, -0.05) is 34.1 Å². The van der Waals surface area contributed by atoms with E-state index < -0.39 is 0 Å². The SMILES string of the molecule is COc1ccc(Br)c(CC2CCN(CC3CC(=O)N(c4ccccc4)C(=O)N3)C2)c1. The number of hydrogen-bond acceptors (Lipinski definition) is 4. The Labute approximate surface area is 185 Å². The normalized spacial score (nSPS) is 22.3. The summed E-state index contributed by atoms with van der Waals surface area (Å²) in [5.41, 5.74) is 1.87. The lowest BCUT2D eigenvalue weighted by Crippen LogP contribution is -2.57. The minimum Gasteiger partial charge on any atom is -0.497 e. The van der Waals surface area contributed by atoms with E-state index in [0.717, 1.165) is 36.2 Å². The molecular weight excluding hydrogens is 446 g/mol. The zero-order valence-electron chi connectivity index (χ0n) is 17.0. The highest BCUT2D eigenvalue weighted by Crippen LogP contribution is 2.29. The van der Waals surface area contributed by atoms with E-state index in [9.17, 15) is 9.59 Å². The van der Waals surface area contributed by atoms with Crippen LogP contribution in [-0.2, 0) is 11.2 Å². The number of likely N-dealkylation sites (tertiary alicyclic amines) is 1. The van der Waals surface area contributed by atoms with Gasteiger partial charge in [-0.2, -0.15) is 0 Å². The van der Waals surface area contributed by atoms with Gasteiger partial charge in [0.15, 0.2) is 0 Å². The number of imide groups is 1. The molecule has 7 heteroatoms. The molecule has 158 valence electrons. The number of nitrogens with one attached hydrogen (secondary N) is 1. The topological polar surface area (TPSA) is 61.9 Å². The summed E-state index contributed by atoms with van der Waals surface area (Å²) in [7, 11) is 1.68. The molecule has 3 amide bonds. The molecule has 0 spiro atoms. The highest BCUT2D eigenvalue weighted by Gasteiger charge is 2.35. The van der Waals surface area contributed by atoms with Crippen molar-refractivity contribution in [3.8, 4) is 5.75 Å². The van der Waals surface area contributed by atoms with Crippen LogP contribution in [0.3, 0.4) is 0 Å². The average molecular weight is 472 g/mol. The van der Waals surface area contributed by atoms with Gasteiger partial charge in [0.25, 0.3) is 0 Å². The molecule has 6 nitrogen and oxygen atoms in total. The first kappa shape index (κ1) is 20.9. The second kappa shape index (κ2) is 9.18. The number of amides is 3. The van der Waals surface area contributed by atoms with Gasteiger partial charge < -0.3 is 15.0 Å². The van der Waals surface area contributed by atoms with Crippen molar-refractivity contribution >= 4 is 33.6 Å². The number of anilines is 1. The van der Waals surface area contributed by atoms with Crippen LogP contribution in [0.15, 0.2) is 53.0 Å². The van der Waals surface area contributed by atoms with E-state index in [2.05, 4.69) is 32.2 Å². The summed E-state index contributed by atoms with van der Waals surface area (Å²) in [6, 6.07) is 14.7. The van der Waals surface area contributed by atoms with Gasteiger partial charge in [-0.3, -0.25) is 4.79 Å². The Kier molecular flexibility index (Phi) is 6.39. The highest BCUT2D eigenvalue weighted by molar-refractivity contribution is 9.10. The molecule has 2 fully saturated rings. The maximum absolute atomic E-state index is 12.6. The predicted octanol–water partition coefficient (Wildman–Crippen LogP) is 3.84. The number of rotatable bonds is 6. The Bertz CT molecular complexity index is 903. The second-order valence-corrected chi connectivity index (χ2v) is 8.85. The molecule has 0 aromatic heterocycles. The number of hydrogen-bond donors (Lipinski definition) is 1. The lowest BCUT2D eigenvalue weighted by molar-refractivity contribution is -0.119.